The maximum Gasteiger partial charge on any atom is 0.249 e. The van der Waals surface area contributed by atoms with Gasteiger partial charge in [0.25, 0.3) is 0 Å². The van der Waals surface area contributed by atoms with Crippen molar-refractivity contribution in [3.05, 3.63) is 59.9 Å². The summed E-state index contributed by atoms with van der Waals surface area (Å²) in [5.74, 6) is -0.0795. The summed E-state index contributed by atoms with van der Waals surface area (Å²) in [7, 11) is 0. The fourth-order valence-corrected chi connectivity index (χ4v) is 4.08. The predicted octanol–water partition coefficient (Wildman–Crippen LogP) is 1.83. The molecule has 1 N–H and O–H groups in total. The smallest absolute Gasteiger partial charge is 0.249 e. The number of hydrogen-bond donors (Lipinski definition) is 1. The van der Waals surface area contributed by atoms with Crippen molar-refractivity contribution in [1.82, 2.24) is 10.3 Å². The SMILES string of the molecule is CC(=O)N1CC2(COC(C(=O)NCCc3ccccn3)C2)c2ccccc21. The third-order valence-corrected chi connectivity index (χ3v) is 5.44. The van der Waals surface area contributed by atoms with Gasteiger partial charge in [-0.3, -0.25) is 14.6 Å². The number of rotatable bonds is 4. The van der Waals surface area contributed by atoms with Gasteiger partial charge < -0.3 is 15.0 Å². The second-order valence-electron chi connectivity index (χ2n) is 7.27. The highest BCUT2D eigenvalue weighted by atomic mass is 16.5. The number of carbonyl (C=O) groups is 2. The number of amides is 2. The third-order valence-electron chi connectivity index (χ3n) is 5.44. The Morgan fingerprint density at radius 1 is 1.26 bits per heavy atom. The van der Waals surface area contributed by atoms with Crippen molar-refractivity contribution in [2.75, 3.05) is 24.6 Å². The van der Waals surface area contributed by atoms with Crippen LogP contribution in [-0.4, -0.2) is 42.6 Å². The Morgan fingerprint density at radius 2 is 2.07 bits per heavy atom. The fourth-order valence-electron chi connectivity index (χ4n) is 4.08. The lowest BCUT2D eigenvalue weighted by atomic mass is 9.80. The van der Waals surface area contributed by atoms with Gasteiger partial charge in [-0.25, -0.2) is 0 Å². The first-order chi connectivity index (χ1) is 13.1. The highest BCUT2D eigenvalue weighted by Crippen LogP contribution is 2.47. The molecule has 2 amide bonds. The number of nitrogens with zero attached hydrogens (tertiary/aromatic N) is 2. The van der Waals surface area contributed by atoms with Gasteiger partial charge in [0.15, 0.2) is 0 Å². The number of fused-ring (bicyclic) bond motifs is 2. The molecule has 0 aliphatic carbocycles. The molecule has 2 aliphatic heterocycles. The molecule has 2 unspecified atom stereocenters. The first-order valence-electron chi connectivity index (χ1n) is 9.26. The van der Waals surface area contributed by atoms with E-state index in [-0.39, 0.29) is 17.2 Å². The second kappa shape index (κ2) is 7.12. The van der Waals surface area contributed by atoms with Crippen molar-refractivity contribution in [3.8, 4) is 0 Å². The Labute approximate surface area is 158 Å². The molecule has 3 heterocycles. The minimum absolute atomic E-state index is 0.0163. The van der Waals surface area contributed by atoms with Crippen LogP contribution in [0.4, 0.5) is 5.69 Å². The van der Waals surface area contributed by atoms with Gasteiger partial charge in [-0.1, -0.05) is 24.3 Å². The summed E-state index contributed by atoms with van der Waals surface area (Å²) < 4.78 is 5.87. The molecule has 1 spiro atoms. The molecule has 4 rings (SSSR count). The van der Waals surface area contributed by atoms with Gasteiger partial charge in [0, 0.05) is 49.4 Å². The number of carbonyl (C=O) groups excluding carboxylic acids is 2. The predicted molar refractivity (Wildman–Crippen MR) is 101 cm³/mol. The van der Waals surface area contributed by atoms with E-state index in [1.54, 1.807) is 18.0 Å². The van der Waals surface area contributed by atoms with E-state index in [2.05, 4.69) is 10.3 Å². The van der Waals surface area contributed by atoms with Crippen molar-refractivity contribution in [3.63, 3.8) is 0 Å². The maximum absolute atomic E-state index is 12.6. The largest absolute Gasteiger partial charge is 0.367 e. The van der Waals surface area contributed by atoms with Crippen LogP contribution in [0.1, 0.15) is 24.6 Å². The summed E-state index contributed by atoms with van der Waals surface area (Å²) >= 11 is 0. The first kappa shape index (κ1) is 17.7. The minimum atomic E-state index is -0.492. The Balaban J connectivity index is 1.41. The van der Waals surface area contributed by atoms with Crippen LogP contribution < -0.4 is 10.2 Å². The van der Waals surface area contributed by atoms with Crippen molar-refractivity contribution in [2.24, 2.45) is 0 Å². The Hall–Kier alpha value is -2.73. The molecule has 1 saturated heterocycles. The number of pyridine rings is 1. The van der Waals surface area contributed by atoms with Crippen LogP contribution in [0.25, 0.3) is 0 Å². The summed E-state index contributed by atoms with van der Waals surface area (Å²) in [4.78, 5) is 30.7. The third kappa shape index (κ3) is 3.32. The number of anilines is 1. The van der Waals surface area contributed by atoms with E-state index in [0.29, 0.717) is 32.5 Å². The molecule has 0 radical (unpaired) electrons. The van der Waals surface area contributed by atoms with Gasteiger partial charge >= 0.3 is 0 Å². The average Bonchev–Trinajstić information content (AvgIpc) is 3.26. The van der Waals surface area contributed by atoms with E-state index in [0.717, 1.165) is 16.9 Å². The molecule has 6 nitrogen and oxygen atoms in total. The molecule has 140 valence electrons. The van der Waals surface area contributed by atoms with Crippen LogP contribution in [0.2, 0.25) is 0 Å². The van der Waals surface area contributed by atoms with E-state index in [9.17, 15) is 9.59 Å². The molecule has 27 heavy (non-hydrogen) atoms. The summed E-state index contributed by atoms with van der Waals surface area (Å²) in [5, 5.41) is 2.95. The number of ether oxygens (including phenoxy) is 1. The zero-order chi connectivity index (χ0) is 18.9. The molecule has 2 aromatic rings. The molecular formula is C21H23N3O3. The van der Waals surface area contributed by atoms with Gasteiger partial charge in [0.1, 0.15) is 6.10 Å². The molecule has 0 bridgehead atoms. The van der Waals surface area contributed by atoms with Crippen LogP contribution in [0.3, 0.4) is 0 Å². The zero-order valence-corrected chi connectivity index (χ0v) is 15.4. The quantitative estimate of drug-likeness (QED) is 0.897. The Morgan fingerprint density at radius 3 is 2.85 bits per heavy atom. The molecule has 2 atom stereocenters. The number of aromatic nitrogens is 1. The highest BCUT2D eigenvalue weighted by molar-refractivity contribution is 5.95. The number of para-hydroxylation sites is 1. The molecule has 6 heteroatoms. The number of nitrogens with one attached hydrogen (secondary N) is 1. The monoisotopic (exact) mass is 365 g/mol. The van der Waals surface area contributed by atoms with Gasteiger partial charge in [-0.2, -0.15) is 0 Å². The lowest BCUT2D eigenvalue weighted by Gasteiger charge is -2.22. The molecule has 1 aromatic heterocycles. The molecule has 0 saturated carbocycles. The van der Waals surface area contributed by atoms with E-state index < -0.39 is 6.10 Å². The van der Waals surface area contributed by atoms with E-state index in [1.165, 1.54) is 0 Å². The molecular weight excluding hydrogens is 342 g/mol. The first-order valence-corrected chi connectivity index (χ1v) is 9.26. The van der Waals surface area contributed by atoms with Gasteiger partial charge in [-0.15, -0.1) is 0 Å². The average molecular weight is 365 g/mol. The standard InChI is InChI=1S/C21H23N3O3/c1-15(25)24-13-21(17-7-2-3-8-18(17)24)12-19(27-14-21)20(26)23-11-9-16-6-4-5-10-22-16/h2-8,10,19H,9,11-14H2,1H3,(H,23,26). The molecule has 1 aromatic carbocycles. The van der Waals surface area contributed by atoms with Crippen molar-refractivity contribution < 1.29 is 14.3 Å². The normalized spacial score (nSPS) is 23.4. The van der Waals surface area contributed by atoms with Crippen LogP contribution in [0, 0.1) is 0 Å². The van der Waals surface area contributed by atoms with Crippen molar-refractivity contribution in [1.29, 1.82) is 0 Å². The van der Waals surface area contributed by atoms with Crippen LogP contribution in [0.15, 0.2) is 48.7 Å². The summed E-state index contributed by atoms with van der Waals surface area (Å²) in [5.41, 5.74) is 2.68. The van der Waals surface area contributed by atoms with Crippen LogP contribution >= 0.6 is 0 Å². The van der Waals surface area contributed by atoms with Crippen LogP contribution in [0.5, 0.6) is 0 Å². The van der Waals surface area contributed by atoms with E-state index in [4.69, 9.17) is 4.74 Å². The van der Waals surface area contributed by atoms with E-state index >= 15 is 0 Å². The van der Waals surface area contributed by atoms with Crippen molar-refractivity contribution in [2.45, 2.75) is 31.3 Å². The van der Waals surface area contributed by atoms with Gasteiger partial charge in [0.2, 0.25) is 11.8 Å². The highest BCUT2D eigenvalue weighted by Gasteiger charge is 2.51. The summed E-state index contributed by atoms with van der Waals surface area (Å²) in [6, 6.07) is 13.7. The van der Waals surface area contributed by atoms with E-state index in [1.807, 2.05) is 42.5 Å². The summed E-state index contributed by atoms with van der Waals surface area (Å²) in [6.07, 6.45) is 2.53. The van der Waals surface area contributed by atoms with Crippen LogP contribution in [-0.2, 0) is 26.2 Å². The second-order valence-corrected chi connectivity index (χ2v) is 7.27. The number of hydrogen-bond acceptors (Lipinski definition) is 4. The lowest BCUT2D eigenvalue weighted by molar-refractivity contribution is -0.130. The molecule has 2 aliphatic rings. The fraction of sp³-hybridized carbons (Fsp3) is 0.381. The van der Waals surface area contributed by atoms with Gasteiger partial charge in [0.05, 0.1) is 6.61 Å². The van der Waals surface area contributed by atoms with Crippen molar-refractivity contribution >= 4 is 17.5 Å². The molecule has 1 fully saturated rings. The Bertz CT molecular complexity index is 855. The lowest BCUT2D eigenvalue weighted by Crippen LogP contribution is -2.38. The summed E-state index contributed by atoms with van der Waals surface area (Å²) in [6.45, 7) is 3.12. The topological polar surface area (TPSA) is 71.5 Å². The maximum atomic E-state index is 12.6. The number of benzene rings is 1. The minimum Gasteiger partial charge on any atom is -0.367 e. The van der Waals surface area contributed by atoms with Gasteiger partial charge in [-0.05, 0) is 30.2 Å². The Kier molecular flexibility index (Phi) is 4.66. The zero-order valence-electron chi connectivity index (χ0n) is 15.4.